The standard InChI is InChI=1S/C22H23NO3S/c24-22(25)21-16-6-2-1-5-14(16)11-12-23(21)27-15-9-10-20-18(13-15)17-7-3-4-8-19(17)26-20/h3-4,7-10,13-14,16,21H,1-2,5-6,11-12H2,(H,24,25). The quantitative estimate of drug-likeness (QED) is 0.602. The molecule has 3 aromatic rings. The largest absolute Gasteiger partial charge is 0.480 e. The van der Waals surface area contributed by atoms with Crippen molar-refractivity contribution in [2.45, 2.75) is 43.0 Å². The van der Waals surface area contributed by atoms with Gasteiger partial charge in [-0.1, -0.05) is 37.5 Å². The van der Waals surface area contributed by atoms with Crippen molar-refractivity contribution in [3.05, 3.63) is 42.5 Å². The molecule has 2 heterocycles. The Morgan fingerprint density at radius 2 is 1.85 bits per heavy atom. The van der Waals surface area contributed by atoms with Gasteiger partial charge in [0, 0.05) is 22.2 Å². The Labute approximate surface area is 162 Å². The molecule has 1 aromatic heterocycles. The van der Waals surface area contributed by atoms with Crippen LogP contribution in [0.5, 0.6) is 0 Å². The van der Waals surface area contributed by atoms with Gasteiger partial charge in [-0.3, -0.25) is 4.79 Å². The van der Waals surface area contributed by atoms with Gasteiger partial charge in [-0.05, 0) is 60.9 Å². The van der Waals surface area contributed by atoms with Crippen LogP contribution in [0.15, 0.2) is 51.8 Å². The number of carboxylic acid groups (broad SMARTS) is 1. The van der Waals surface area contributed by atoms with Gasteiger partial charge in [-0.15, -0.1) is 0 Å². The Morgan fingerprint density at radius 1 is 1.04 bits per heavy atom. The first-order valence-corrected chi connectivity index (χ1v) is 10.6. The summed E-state index contributed by atoms with van der Waals surface area (Å²) in [5.41, 5.74) is 1.77. The molecule has 5 heteroatoms. The van der Waals surface area contributed by atoms with Crippen LogP contribution in [-0.4, -0.2) is 28.0 Å². The van der Waals surface area contributed by atoms with E-state index in [1.807, 2.05) is 30.3 Å². The van der Waals surface area contributed by atoms with E-state index in [0.717, 1.165) is 52.6 Å². The van der Waals surface area contributed by atoms with Crippen molar-refractivity contribution in [2.75, 3.05) is 6.54 Å². The van der Waals surface area contributed by atoms with Crippen molar-refractivity contribution in [3.63, 3.8) is 0 Å². The zero-order chi connectivity index (χ0) is 18.4. The van der Waals surface area contributed by atoms with Crippen LogP contribution in [-0.2, 0) is 4.79 Å². The first kappa shape index (κ1) is 17.1. The molecule has 0 spiro atoms. The number of benzene rings is 2. The van der Waals surface area contributed by atoms with Crippen molar-refractivity contribution in [2.24, 2.45) is 11.8 Å². The molecule has 5 rings (SSSR count). The summed E-state index contributed by atoms with van der Waals surface area (Å²) in [4.78, 5) is 13.2. The molecule has 2 fully saturated rings. The van der Waals surface area contributed by atoms with E-state index in [0.29, 0.717) is 5.92 Å². The highest BCUT2D eigenvalue weighted by Gasteiger charge is 2.43. The highest BCUT2D eigenvalue weighted by Crippen LogP contribution is 2.44. The van der Waals surface area contributed by atoms with Crippen LogP contribution in [0.3, 0.4) is 0 Å². The fourth-order valence-electron chi connectivity index (χ4n) is 4.96. The second-order valence-electron chi connectivity index (χ2n) is 7.77. The highest BCUT2D eigenvalue weighted by molar-refractivity contribution is 7.97. The van der Waals surface area contributed by atoms with Crippen LogP contribution < -0.4 is 0 Å². The maximum Gasteiger partial charge on any atom is 0.322 e. The summed E-state index contributed by atoms with van der Waals surface area (Å²) in [5, 5.41) is 12.1. The molecule has 3 unspecified atom stereocenters. The number of hydrogen-bond donors (Lipinski definition) is 1. The summed E-state index contributed by atoms with van der Waals surface area (Å²) in [5.74, 6) is 0.196. The molecular weight excluding hydrogens is 358 g/mol. The average Bonchev–Trinajstić information content (AvgIpc) is 3.05. The van der Waals surface area contributed by atoms with Crippen LogP contribution in [0, 0.1) is 11.8 Å². The molecule has 0 radical (unpaired) electrons. The summed E-state index contributed by atoms with van der Waals surface area (Å²) in [6.45, 7) is 0.840. The molecule has 2 aromatic carbocycles. The van der Waals surface area contributed by atoms with Crippen molar-refractivity contribution in [1.29, 1.82) is 0 Å². The van der Waals surface area contributed by atoms with Gasteiger partial charge in [-0.25, -0.2) is 4.31 Å². The fraction of sp³-hybridized carbons (Fsp3) is 0.409. The Hall–Kier alpha value is -1.98. The summed E-state index contributed by atoms with van der Waals surface area (Å²) >= 11 is 1.59. The molecule has 1 aliphatic carbocycles. The molecule has 27 heavy (non-hydrogen) atoms. The lowest BCUT2D eigenvalue weighted by atomic mass is 9.71. The van der Waals surface area contributed by atoms with E-state index in [1.165, 1.54) is 12.8 Å². The Balaban J connectivity index is 1.46. The molecule has 1 N–H and O–H groups in total. The van der Waals surface area contributed by atoms with Crippen molar-refractivity contribution in [1.82, 2.24) is 4.31 Å². The number of rotatable bonds is 3. The molecule has 1 aliphatic heterocycles. The number of fused-ring (bicyclic) bond motifs is 4. The van der Waals surface area contributed by atoms with Crippen molar-refractivity contribution < 1.29 is 14.3 Å². The number of para-hydroxylation sites is 1. The van der Waals surface area contributed by atoms with E-state index < -0.39 is 5.97 Å². The summed E-state index contributed by atoms with van der Waals surface area (Å²) in [7, 11) is 0. The smallest absolute Gasteiger partial charge is 0.322 e. The average molecular weight is 381 g/mol. The zero-order valence-corrected chi connectivity index (χ0v) is 16.0. The topological polar surface area (TPSA) is 53.7 Å². The van der Waals surface area contributed by atoms with Crippen LogP contribution in [0.4, 0.5) is 0 Å². The van der Waals surface area contributed by atoms with Crippen LogP contribution in [0.2, 0.25) is 0 Å². The van der Waals surface area contributed by atoms with Gasteiger partial charge >= 0.3 is 5.97 Å². The van der Waals surface area contributed by atoms with Gasteiger partial charge in [0.25, 0.3) is 0 Å². The minimum absolute atomic E-state index is 0.288. The molecule has 1 saturated heterocycles. The molecule has 0 amide bonds. The number of piperidine rings is 1. The third-order valence-corrected chi connectivity index (χ3v) is 7.34. The third kappa shape index (κ3) is 3.03. The number of hydrogen-bond acceptors (Lipinski definition) is 4. The van der Waals surface area contributed by atoms with Gasteiger partial charge in [0.2, 0.25) is 0 Å². The van der Waals surface area contributed by atoms with E-state index in [4.69, 9.17) is 4.42 Å². The van der Waals surface area contributed by atoms with E-state index in [1.54, 1.807) is 11.9 Å². The first-order chi connectivity index (χ1) is 13.2. The first-order valence-electron chi connectivity index (χ1n) is 9.79. The lowest BCUT2D eigenvalue weighted by Gasteiger charge is -2.45. The summed E-state index contributed by atoms with van der Waals surface area (Å²) in [6.07, 6.45) is 5.77. The second kappa shape index (κ2) is 6.88. The predicted octanol–water partition coefficient (Wildman–Crippen LogP) is 5.56. The summed E-state index contributed by atoms with van der Waals surface area (Å²) in [6, 6.07) is 13.8. The van der Waals surface area contributed by atoms with E-state index in [9.17, 15) is 9.90 Å². The molecular formula is C22H23NO3S. The lowest BCUT2D eigenvalue weighted by molar-refractivity contribution is -0.146. The fourth-order valence-corrected chi connectivity index (χ4v) is 6.09. The van der Waals surface area contributed by atoms with Crippen molar-refractivity contribution >= 4 is 39.9 Å². The maximum absolute atomic E-state index is 12.1. The maximum atomic E-state index is 12.1. The van der Waals surface area contributed by atoms with Gasteiger partial charge < -0.3 is 9.52 Å². The van der Waals surface area contributed by atoms with Gasteiger partial charge in [0.05, 0.1) is 0 Å². The van der Waals surface area contributed by atoms with Gasteiger partial charge in [-0.2, -0.15) is 0 Å². The van der Waals surface area contributed by atoms with Crippen LogP contribution in [0.25, 0.3) is 21.9 Å². The third-order valence-electron chi connectivity index (χ3n) is 6.23. The second-order valence-corrected chi connectivity index (χ2v) is 8.89. The lowest BCUT2D eigenvalue weighted by Crippen LogP contribution is -2.51. The number of carboxylic acids is 1. The molecule has 0 bridgehead atoms. The molecule has 1 saturated carbocycles. The number of furan rings is 1. The molecule has 140 valence electrons. The van der Waals surface area contributed by atoms with E-state index >= 15 is 0 Å². The number of carbonyl (C=O) groups is 1. The zero-order valence-electron chi connectivity index (χ0n) is 15.1. The molecule has 4 nitrogen and oxygen atoms in total. The Bertz CT molecular complexity index is 998. The normalized spacial score (nSPS) is 26.3. The van der Waals surface area contributed by atoms with Gasteiger partial charge in [0.15, 0.2) is 0 Å². The van der Waals surface area contributed by atoms with Crippen molar-refractivity contribution in [3.8, 4) is 0 Å². The van der Waals surface area contributed by atoms with E-state index in [-0.39, 0.29) is 12.0 Å². The highest BCUT2D eigenvalue weighted by atomic mass is 32.2. The minimum Gasteiger partial charge on any atom is -0.480 e. The van der Waals surface area contributed by atoms with Gasteiger partial charge in [0.1, 0.15) is 17.2 Å². The Kier molecular flexibility index (Phi) is 4.37. The predicted molar refractivity (Wildman–Crippen MR) is 108 cm³/mol. The molecule has 2 aliphatic rings. The SMILES string of the molecule is O=C(O)C1C2CCCCC2CCN1Sc1ccc2oc3ccccc3c2c1. The number of nitrogens with zero attached hydrogens (tertiary/aromatic N) is 1. The summed E-state index contributed by atoms with van der Waals surface area (Å²) < 4.78 is 8.02. The van der Waals surface area contributed by atoms with Crippen LogP contribution >= 0.6 is 11.9 Å². The Morgan fingerprint density at radius 3 is 2.74 bits per heavy atom. The molecule has 3 atom stereocenters. The number of aliphatic carboxylic acids is 1. The monoisotopic (exact) mass is 381 g/mol. The van der Waals surface area contributed by atoms with E-state index in [2.05, 4.69) is 16.4 Å². The van der Waals surface area contributed by atoms with Crippen LogP contribution in [0.1, 0.15) is 32.1 Å². The minimum atomic E-state index is -0.672.